The number of halogens is 1. The lowest BCUT2D eigenvalue weighted by atomic mass is 10.2. The quantitative estimate of drug-likeness (QED) is 0.565. The van der Waals surface area contributed by atoms with Gasteiger partial charge in [-0.1, -0.05) is 46.8 Å². The van der Waals surface area contributed by atoms with E-state index >= 15 is 0 Å². The fraction of sp³-hybridized carbons (Fsp3) is 0.267. The third-order valence-corrected chi connectivity index (χ3v) is 5.45. The number of aromatic nitrogens is 2. The van der Waals surface area contributed by atoms with Gasteiger partial charge in [0.25, 0.3) is 0 Å². The molecule has 0 bridgehead atoms. The summed E-state index contributed by atoms with van der Waals surface area (Å²) in [5.74, 6) is -0.101. The number of amides is 1. The highest BCUT2D eigenvalue weighted by Gasteiger charge is 2.18. The summed E-state index contributed by atoms with van der Waals surface area (Å²) in [6.07, 6.45) is 1.75. The average molecular weight is 369 g/mol. The molecule has 1 amide bonds. The van der Waals surface area contributed by atoms with Crippen molar-refractivity contribution in [2.24, 2.45) is 0 Å². The lowest BCUT2D eigenvalue weighted by molar-refractivity contribution is -0.115. The van der Waals surface area contributed by atoms with Gasteiger partial charge in [0.1, 0.15) is 0 Å². The van der Waals surface area contributed by atoms with Crippen molar-refractivity contribution < 1.29 is 4.79 Å². The zero-order valence-electron chi connectivity index (χ0n) is 12.8. The minimum Gasteiger partial charge on any atom is -0.357 e. The van der Waals surface area contributed by atoms with Crippen molar-refractivity contribution in [3.8, 4) is 0 Å². The number of rotatable bonds is 7. The van der Waals surface area contributed by atoms with Crippen LogP contribution in [-0.2, 0) is 4.79 Å². The predicted octanol–water partition coefficient (Wildman–Crippen LogP) is 4.22. The third-order valence-electron chi connectivity index (χ3n) is 2.98. The first-order chi connectivity index (χ1) is 11.0. The molecule has 1 atom stereocenters. The largest absolute Gasteiger partial charge is 0.357 e. The molecule has 8 heteroatoms. The van der Waals surface area contributed by atoms with Crippen molar-refractivity contribution in [2.45, 2.75) is 23.4 Å². The summed E-state index contributed by atoms with van der Waals surface area (Å²) in [6.45, 7) is 7.97. The highest BCUT2D eigenvalue weighted by Crippen LogP contribution is 2.30. The topological polar surface area (TPSA) is 66.9 Å². The van der Waals surface area contributed by atoms with Crippen molar-refractivity contribution in [3.63, 3.8) is 0 Å². The molecule has 2 rings (SSSR count). The molecule has 0 spiro atoms. The molecule has 0 unspecified atom stereocenters. The Morgan fingerprint density at radius 2 is 2.30 bits per heavy atom. The van der Waals surface area contributed by atoms with Gasteiger partial charge in [0.2, 0.25) is 11.0 Å². The molecule has 0 saturated carbocycles. The van der Waals surface area contributed by atoms with Crippen molar-refractivity contribution in [3.05, 3.63) is 41.4 Å². The second-order valence-electron chi connectivity index (χ2n) is 4.70. The molecule has 2 N–H and O–H groups in total. The van der Waals surface area contributed by atoms with Crippen molar-refractivity contribution in [2.75, 3.05) is 17.2 Å². The van der Waals surface area contributed by atoms with Gasteiger partial charge in [-0.3, -0.25) is 4.79 Å². The Morgan fingerprint density at radius 3 is 3.04 bits per heavy atom. The Balaban J connectivity index is 1.95. The minimum atomic E-state index is -0.298. The van der Waals surface area contributed by atoms with Gasteiger partial charge in [-0.25, -0.2) is 0 Å². The Hall–Kier alpha value is -1.57. The van der Waals surface area contributed by atoms with Gasteiger partial charge in [-0.15, -0.1) is 16.8 Å². The number of carbonyl (C=O) groups excluding carboxylic acids is 1. The monoisotopic (exact) mass is 368 g/mol. The zero-order valence-corrected chi connectivity index (χ0v) is 15.2. The number of nitrogens with zero attached hydrogens (tertiary/aromatic N) is 2. The van der Waals surface area contributed by atoms with Crippen LogP contribution in [0.15, 0.2) is 35.2 Å². The predicted molar refractivity (Wildman–Crippen MR) is 98.7 cm³/mol. The van der Waals surface area contributed by atoms with Gasteiger partial charge < -0.3 is 10.6 Å². The Kier molecular flexibility index (Phi) is 6.44. The van der Waals surface area contributed by atoms with E-state index in [0.29, 0.717) is 16.7 Å². The molecule has 5 nitrogen and oxygen atoms in total. The van der Waals surface area contributed by atoms with Crippen molar-refractivity contribution in [1.29, 1.82) is 0 Å². The number of anilines is 2. The molecule has 1 aromatic carbocycles. The van der Waals surface area contributed by atoms with E-state index in [-0.39, 0.29) is 11.2 Å². The van der Waals surface area contributed by atoms with Gasteiger partial charge >= 0.3 is 0 Å². The summed E-state index contributed by atoms with van der Waals surface area (Å²) >= 11 is 8.84. The fourth-order valence-corrected chi connectivity index (χ4v) is 3.75. The molecule has 23 heavy (non-hydrogen) atoms. The maximum atomic E-state index is 12.3. The van der Waals surface area contributed by atoms with Gasteiger partial charge in [-0.05, 0) is 31.5 Å². The summed E-state index contributed by atoms with van der Waals surface area (Å²) in [5.41, 5.74) is 1.58. The minimum absolute atomic E-state index is 0.101. The van der Waals surface area contributed by atoms with E-state index < -0.39 is 0 Å². The number of benzene rings is 1. The molecule has 0 aliphatic carbocycles. The van der Waals surface area contributed by atoms with E-state index in [9.17, 15) is 4.79 Å². The Labute approximate surface area is 148 Å². The van der Waals surface area contributed by atoms with E-state index in [4.69, 9.17) is 11.6 Å². The van der Waals surface area contributed by atoms with Crippen LogP contribution in [0.1, 0.15) is 12.5 Å². The summed E-state index contributed by atoms with van der Waals surface area (Å²) in [7, 11) is 0. The number of nitrogens with one attached hydrogen (secondary N) is 2. The first kappa shape index (κ1) is 17.8. The summed E-state index contributed by atoms with van der Waals surface area (Å²) in [4.78, 5) is 12.3. The summed E-state index contributed by atoms with van der Waals surface area (Å²) in [5, 5.41) is 15.1. The molecule has 1 heterocycles. The van der Waals surface area contributed by atoms with Crippen LogP contribution in [0.2, 0.25) is 5.02 Å². The van der Waals surface area contributed by atoms with Crippen LogP contribution >= 0.6 is 34.7 Å². The summed E-state index contributed by atoms with van der Waals surface area (Å²) in [6, 6.07) is 5.44. The van der Waals surface area contributed by atoms with Gasteiger partial charge in [0.05, 0.1) is 5.25 Å². The Morgan fingerprint density at radius 1 is 1.52 bits per heavy atom. The summed E-state index contributed by atoms with van der Waals surface area (Å²) < 4.78 is 0.738. The molecule has 0 aliphatic rings. The van der Waals surface area contributed by atoms with E-state index in [1.165, 1.54) is 23.1 Å². The van der Waals surface area contributed by atoms with E-state index in [2.05, 4.69) is 27.4 Å². The van der Waals surface area contributed by atoms with Crippen molar-refractivity contribution in [1.82, 2.24) is 10.2 Å². The maximum Gasteiger partial charge on any atom is 0.237 e. The van der Waals surface area contributed by atoms with Gasteiger partial charge in [0.15, 0.2) is 4.34 Å². The molecule has 122 valence electrons. The molecule has 0 radical (unpaired) electrons. The molecule has 1 aromatic heterocycles. The SMILES string of the molecule is C=CCNc1nnc(S[C@@H](C)C(=O)Nc2cccc(Cl)c2C)s1. The second kappa shape index (κ2) is 8.33. The van der Waals surface area contributed by atoms with Crippen molar-refractivity contribution >= 4 is 51.4 Å². The van der Waals surface area contributed by atoms with Crippen LogP contribution in [0.3, 0.4) is 0 Å². The standard InChI is InChI=1S/C15H17ClN4OS2/c1-4-8-17-14-19-20-15(23-14)22-10(3)13(21)18-12-7-5-6-11(16)9(12)2/h4-7,10H,1,8H2,2-3H3,(H,17,19)(H,18,21)/t10-/m0/s1. The number of carbonyl (C=O) groups is 1. The first-order valence-electron chi connectivity index (χ1n) is 6.92. The molecule has 2 aromatic rings. The van der Waals surface area contributed by atoms with Gasteiger partial charge in [0, 0.05) is 17.3 Å². The first-order valence-corrected chi connectivity index (χ1v) is 8.99. The number of thioether (sulfide) groups is 1. The molecule has 0 saturated heterocycles. The lowest BCUT2D eigenvalue weighted by Gasteiger charge is -2.12. The molecule has 0 fully saturated rings. The van der Waals surface area contributed by atoms with E-state index in [0.717, 1.165) is 15.6 Å². The lowest BCUT2D eigenvalue weighted by Crippen LogP contribution is -2.22. The van der Waals surface area contributed by atoms with Crippen LogP contribution in [0.5, 0.6) is 0 Å². The zero-order chi connectivity index (χ0) is 16.8. The normalized spacial score (nSPS) is 11.8. The molecule has 0 aliphatic heterocycles. The van der Waals surface area contributed by atoms with E-state index in [1.54, 1.807) is 12.1 Å². The average Bonchev–Trinajstić information content (AvgIpc) is 2.97. The van der Waals surface area contributed by atoms with Crippen LogP contribution in [-0.4, -0.2) is 27.9 Å². The number of hydrogen-bond acceptors (Lipinski definition) is 6. The Bertz CT molecular complexity index is 705. The van der Waals surface area contributed by atoms with Crippen LogP contribution < -0.4 is 10.6 Å². The highest BCUT2D eigenvalue weighted by molar-refractivity contribution is 8.02. The van der Waals surface area contributed by atoms with E-state index in [1.807, 2.05) is 26.0 Å². The highest BCUT2D eigenvalue weighted by atomic mass is 35.5. The second-order valence-corrected chi connectivity index (χ2v) is 7.68. The number of hydrogen-bond donors (Lipinski definition) is 2. The molecular formula is C15H17ClN4OS2. The van der Waals surface area contributed by atoms with Crippen LogP contribution in [0, 0.1) is 6.92 Å². The van der Waals surface area contributed by atoms with Crippen LogP contribution in [0.4, 0.5) is 10.8 Å². The molecular weight excluding hydrogens is 352 g/mol. The smallest absolute Gasteiger partial charge is 0.237 e. The maximum absolute atomic E-state index is 12.3. The van der Waals surface area contributed by atoms with Crippen LogP contribution in [0.25, 0.3) is 0 Å². The van der Waals surface area contributed by atoms with Gasteiger partial charge in [-0.2, -0.15) is 0 Å². The fourth-order valence-electron chi connectivity index (χ4n) is 1.67. The third kappa shape index (κ3) is 4.95.